The molecule has 1 amide bonds. The Hall–Kier alpha value is -1.84. The first-order valence-corrected chi connectivity index (χ1v) is 7.71. The maximum absolute atomic E-state index is 12.5. The van der Waals surface area contributed by atoms with Gasteiger partial charge in [0.15, 0.2) is 0 Å². The summed E-state index contributed by atoms with van der Waals surface area (Å²) in [5.74, 6) is -0.817. The molecule has 2 fully saturated rings. The number of aliphatic carboxylic acids is 1. The first-order valence-electron chi connectivity index (χ1n) is 7.71. The highest BCUT2D eigenvalue weighted by Gasteiger charge is 2.37. The van der Waals surface area contributed by atoms with E-state index in [0.29, 0.717) is 19.5 Å². The summed E-state index contributed by atoms with van der Waals surface area (Å²) >= 11 is 0. The van der Waals surface area contributed by atoms with Crippen LogP contribution in [0.15, 0.2) is 30.3 Å². The molecule has 2 atom stereocenters. The summed E-state index contributed by atoms with van der Waals surface area (Å²) in [5.41, 5.74) is 1.13. The Kier molecular flexibility index (Phi) is 3.95. The van der Waals surface area contributed by atoms with Crippen LogP contribution in [0.4, 0.5) is 0 Å². The Bertz CT molecular complexity index is 524. The molecule has 1 aliphatic heterocycles. The molecule has 4 nitrogen and oxygen atoms in total. The molecular formula is C17H21NO3. The van der Waals surface area contributed by atoms with Crippen LogP contribution in [0.25, 0.3) is 0 Å². The van der Waals surface area contributed by atoms with Gasteiger partial charge in [-0.2, -0.15) is 0 Å². The number of nitrogens with zero attached hydrogens (tertiary/aromatic N) is 1. The third kappa shape index (κ3) is 2.94. The highest BCUT2D eigenvalue weighted by atomic mass is 16.4. The zero-order valence-corrected chi connectivity index (χ0v) is 12.1. The normalized spacial score (nSPS) is 26.2. The molecule has 4 heteroatoms. The zero-order valence-electron chi connectivity index (χ0n) is 12.1. The number of likely N-dealkylation sites (tertiary alicyclic amines) is 1. The van der Waals surface area contributed by atoms with E-state index < -0.39 is 11.9 Å². The van der Waals surface area contributed by atoms with Crippen molar-refractivity contribution < 1.29 is 14.7 Å². The fourth-order valence-corrected chi connectivity index (χ4v) is 3.34. The lowest BCUT2D eigenvalue weighted by molar-refractivity contribution is -0.148. The van der Waals surface area contributed by atoms with E-state index in [2.05, 4.69) is 0 Å². The number of benzene rings is 1. The Morgan fingerprint density at radius 3 is 2.33 bits per heavy atom. The largest absolute Gasteiger partial charge is 0.481 e. The predicted octanol–water partition coefficient (Wildman–Crippen LogP) is 2.50. The van der Waals surface area contributed by atoms with Gasteiger partial charge in [-0.25, -0.2) is 0 Å². The second-order valence-corrected chi connectivity index (χ2v) is 6.25. The number of carbonyl (C=O) groups excluding carboxylic acids is 1. The van der Waals surface area contributed by atoms with E-state index in [1.165, 1.54) is 0 Å². The van der Waals surface area contributed by atoms with Crippen molar-refractivity contribution in [2.24, 2.45) is 11.8 Å². The van der Waals surface area contributed by atoms with Gasteiger partial charge in [-0.05, 0) is 24.8 Å². The van der Waals surface area contributed by atoms with Crippen LogP contribution in [0.3, 0.4) is 0 Å². The van der Waals surface area contributed by atoms with Gasteiger partial charge in [0.2, 0.25) is 5.91 Å². The molecule has 1 N–H and O–H groups in total. The van der Waals surface area contributed by atoms with Crippen LogP contribution in [0.1, 0.15) is 37.2 Å². The minimum absolute atomic E-state index is 0.130. The topological polar surface area (TPSA) is 57.6 Å². The molecule has 1 aromatic rings. The average molecular weight is 287 g/mol. The monoisotopic (exact) mass is 287 g/mol. The molecular weight excluding hydrogens is 266 g/mol. The SMILES string of the molecule is O=C(O)C1CC(c2ccccc2)CN(C(=O)C2CCC2)C1. The summed E-state index contributed by atoms with van der Waals surface area (Å²) in [5, 5.41) is 9.37. The van der Waals surface area contributed by atoms with E-state index in [4.69, 9.17) is 0 Å². The number of carboxylic acids is 1. The number of carbonyl (C=O) groups is 2. The second kappa shape index (κ2) is 5.88. The van der Waals surface area contributed by atoms with Gasteiger partial charge < -0.3 is 10.0 Å². The van der Waals surface area contributed by atoms with Gasteiger partial charge in [-0.15, -0.1) is 0 Å². The van der Waals surface area contributed by atoms with Crippen molar-refractivity contribution in [3.8, 4) is 0 Å². The molecule has 0 aromatic heterocycles. The standard InChI is InChI=1S/C17H21NO3/c19-16(13-7-4-8-13)18-10-14(9-15(11-18)17(20)21)12-5-2-1-3-6-12/h1-3,5-6,13-15H,4,7-11H2,(H,20,21). The summed E-state index contributed by atoms with van der Waals surface area (Å²) in [6, 6.07) is 9.95. The molecule has 1 saturated heterocycles. The Balaban J connectivity index is 1.78. The van der Waals surface area contributed by atoms with Crippen LogP contribution in [-0.4, -0.2) is 35.0 Å². The Labute approximate surface area is 124 Å². The number of carboxylic acid groups (broad SMARTS) is 1. The van der Waals surface area contributed by atoms with E-state index in [1.54, 1.807) is 4.90 Å². The smallest absolute Gasteiger partial charge is 0.308 e. The maximum Gasteiger partial charge on any atom is 0.308 e. The van der Waals surface area contributed by atoms with Crippen LogP contribution in [0, 0.1) is 11.8 Å². The van der Waals surface area contributed by atoms with Gasteiger partial charge in [-0.3, -0.25) is 9.59 Å². The summed E-state index contributed by atoms with van der Waals surface area (Å²) in [4.78, 5) is 25.7. The van der Waals surface area contributed by atoms with Gasteiger partial charge in [0.25, 0.3) is 0 Å². The fourth-order valence-electron chi connectivity index (χ4n) is 3.34. The highest BCUT2D eigenvalue weighted by Crippen LogP contribution is 2.34. The summed E-state index contributed by atoms with van der Waals surface area (Å²) in [6.45, 7) is 1.02. The van der Waals surface area contributed by atoms with E-state index >= 15 is 0 Å². The molecule has 21 heavy (non-hydrogen) atoms. The molecule has 3 rings (SSSR count). The van der Waals surface area contributed by atoms with Gasteiger partial charge in [0.05, 0.1) is 5.92 Å². The molecule has 2 unspecified atom stereocenters. The van der Waals surface area contributed by atoms with E-state index in [1.807, 2.05) is 30.3 Å². The minimum Gasteiger partial charge on any atom is -0.481 e. The van der Waals surface area contributed by atoms with E-state index in [0.717, 1.165) is 24.8 Å². The second-order valence-electron chi connectivity index (χ2n) is 6.25. The number of amides is 1. The lowest BCUT2D eigenvalue weighted by atomic mass is 9.81. The molecule has 112 valence electrons. The molecule has 0 radical (unpaired) electrons. The van der Waals surface area contributed by atoms with Crippen LogP contribution in [0.5, 0.6) is 0 Å². The maximum atomic E-state index is 12.5. The number of hydrogen-bond acceptors (Lipinski definition) is 2. The number of rotatable bonds is 3. The van der Waals surface area contributed by atoms with Crippen molar-refractivity contribution in [1.29, 1.82) is 0 Å². The molecule has 0 bridgehead atoms. The van der Waals surface area contributed by atoms with Crippen molar-refractivity contribution in [3.63, 3.8) is 0 Å². The lowest BCUT2D eigenvalue weighted by Gasteiger charge is -2.39. The van der Waals surface area contributed by atoms with Crippen molar-refractivity contribution >= 4 is 11.9 Å². The van der Waals surface area contributed by atoms with Crippen LogP contribution in [0.2, 0.25) is 0 Å². The van der Waals surface area contributed by atoms with Crippen molar-refractivity contribution in [1.82, 2.24) is 4.90 Å². The number of hydrogen-bond donors (Lipinski definition) is 1. The molecule has 2 aliphatic rings. The Morgan fingerprint density at radius 1 is 1.05 bits per heavy atom. The van der Waals surface area contributed by atoms with Gasteiger partial charge >= 0.3 is 5.97 Å². The highest BCUT2D eigenvalue weighted by molar-refractivity contribution is 5.81. The van der Waals surface area contributed by atoms with Crippen LogP contribution >= 0.6 is 0 Å². The fraction of sp³-hybridized carbons (Fsp3) is 0.529. The zero-order chi connectivity index (χ0) is 14.8. The van der Waals surface area contributed by atoms with Crippen LogP contribution in [-0.2, 0) is 9.59 Å². The first-order chi connectivity index (χ1) is 10.1. The number of piperidine rings is 1. The average Bonchev–Trinajstić information content (AvgIpc) is 2.46. The molecule has 1 aliphatic carbocycles. The molecule has 1 aromatic carbocycles. The molecule has 0 spiro atoms. The molecule has 1 heterocycles. The summed E-state index contributed by atoms with van der Waals surface area (Å²) in [6.07, 6.45) is 3.66. The van der Waals surface area contributed by atoms with Crippen molar-refractivity contribution in [2.45, 2.75) is 31.6 Å². The third-order valence-electron chi connectivity index (χ3n) is 4.84. The quantitative estimate of drug-likeness (QED) is 0.929. The van der Waals surface area contributed by atoms with Gasteiger partial charge in [0.1, 0.15) is 0 Å². The van der Waals surface area contributed by atoms with E-state index in [-0.39, 0.29) is 17.7 Å². The van der Waals surface area contributed by atoms with Crippen LogP contribution < -0.4 is 0 Å². The van der Waals surface area contributed by atoms with Gasteiger partial charge in [-0.1, -0.05) is 36.8 Å². The minimum atomic E-state index is -0.790. The van der Waals surface area contributed by atoms with Gasteiger partial charge in [0, 0.05) is 24.9 Å². The molecule has 1 saturated carbocycles. The predicted molar refractivity (Wildman–Crippen MR) is 78.8 cm³/mol. The summed E-state index contributed by atoms with van der Waals surface area (Å²) in [7, 11) is 0. The Morgan fingerprint density at radius 2 is 1.76 bits per heavy atom. The lowest BCUT2D eigenvalue weighted by Crippen LogP contribution is -2.48. The third-order valence-corrected chi connectivity index (χ3v) is 4.84. The van der Waals surface area contributed by atoms with E-state index in [9.17, 15) is 14.7 Å². The van der Waals surface area contributed by atoms with Crippen molar-refractivity contribution in [2.75, 3.05) is 13.1 Å². The summed E-state index contributed by atoms with van der Waals surface area (Å²) < 4.78 is 0. The first kappa shape index (κ1) is 14.1. The van der Waals surface area contributed by atoms with Crippen molar-refractivity contribution in [3.05, 3.63) is 35.9 Å².